The van der Waals surface area contributed by atoms with Gasteiger partial charge in [0.25, 0.3) is 10.1 Å². The van der Waals surface area contributed by atoms with Gasteiger partial charge in [-0.25, -0.2) is 0 Å². The molecule has 0 unspecified atom stereocenters. The SMILES string of the molecule is CCCCCCCCCc1cc2ccc(S(=O)(=O)O)cc2cc1CCCCCCCCC. The van der Waals surface area contributed by atoms with E-state index in [1.165, 1.54) is 107 Å². The molecule has 0 saturated carbocycles. The molecule has 2 rings (SSSR count). The van der Waals surface area contributed by atoms with Crippen molar-refractivity contribution in [1.29, 1.82) is 0 Å². The minimum absolute atomic E-state index is 0.0216. The second kappa shape index (κ2) is 14.7. The molecule has 32 heavy (non-hydrogen) atoms. The molecular weight excluding hydrogens is 416 g/mol. The van der Waals surface area contributed by atoms with Gasteiger partial charge in [0, 0.05) is 0 Å². The van der Waals surface area contributed by atoms with Crippen molar-refractivity contribution in [3.63, 3.8) is 0 Å². The second-order valence-electron chi connectivity index (χ2n) is 9.35. The summed E-state index contributed by atoms with van der Waals surface area (Å²) in [5.74, 6) is 0. The smallest absolute Gasteiger partial charge is 0.282 e. The summed E-state index contributed by atoms with van der Waals surface area (Å²) >= 11 is 0. The van der Waals surface area contributed by atoms with Crippen LogP contribution in [-0.2, 0) is 23.0 Å². The molecule has 0 aliphatic carbocycles. The van der Waals surface area contributed by atoms with Gasteiger partial charge < -0.3 is 0 Å². The van der Waals surface area contributed by atoms with Crippen LogP contribution < -0.4 is 0 Å². The average molecular weight is 461 g/mol. The van der Waals surface area contributed by atoms with E-state index in [-0.39, 0.29) is 4.90 Å². The molecule has 0 atom stereocenters. The Morgan fingerprint density at radius 1 is 0.594 bits per heavy atom. The molecule has 180 valence electrons. The Labute approximate surface area is 196 Å². The molecule has 0 aromatic heterocycles. The molecular formula is C28H44O3S. The van der Waals surface area contributed by atoms with Crippen LogP contribution in [0.4, 0.5) is 0 Å². The van der Waals surface area contributed by atoms with Gasteiger partial charge in [-0.3, -0.25) is 4.55 Å². The first-order chi connectivity index (χ1) is 15.5. The van der Waals surface area contributed by atoms with Crippen LogP contribution in [0.5, 0.6) is 0 Å². The van der Waals surface area contributed by atoms with E-state index in [0.29, 0.717) is 0 Å². The predicted octanol–water partition coefficient (Wildman–Crippen LogP) is 8.67. The highest BCUT2D eigenvalue weighted by Gasteiger charge is 2.12. The summed E-state index contributed by atoms with van der Waals surface area (Å²) in [7, 11) is -4.18. The quantitative estimate of drug-likeness (QED) is 0.190. The number of hydrogen-bond acceptors (Lipinski definition) is 2. The molecule has 0 spiro atoms. The van der Waals surface area contributed by atoms with E-state index < -0.39 is 10.1 Å². The molecule has 2 aromatic rings. The van der Waals surface area contributed by atoms with Crippen LogP contribution in [0.1, 0.15) is 115 Å². The van der Waals surface area contributed by atoms with E-state index in [9.17, 15) is 13.0 Å². The van der Waals surface area contributed by atoms with Crippen LogP contribution in [0.2, 0.25) is 0 Å². The lowest BCUT2D eigenvalue weighted by molar-refractivity contribution is 0.483. The molecule has 0 heterocycles. The van der Waals surface area contributed by atoms with Crippen LogP contribution in [0.15, 0.2) is 35.2 Å². The third kappa shape index (κ3) is 9.62. The number of rotatable bonds is 17. The molecule has 2 aromatic carbocycles. The van der Waals surface area contributed by atoms with Gasteiger partial charge in [0.15, 0.2) is 0 Å². The maximum absolute atomic E-state index is 11.6. The zero-order valence-electron chi connectivity index (χ0n) is 20.4. The lowest BCUT2D eigenvalue weighted by Crippen LogP contribution is -1.99. The summed E-state index contributed by atoms with van der Waals surface area (Å²) < 4.78 is 32.6. The Kier molecular flexibility index (Phi) is 12.3. The van der Waals surface area contributed by atoms with E-state index >= 15 is 0 Å². The molecule has 0 bridgehead atoms. The van der Waals surface area contributed by atoms with Gasteiger partial charge in [0.1, 0.15) is 0 Å². The molecule has 0 radical (unpaired) electrons. The van der Waals surface area contributed by atoms with Gasteiger partial charge in [0.05, 0.1) is 4.90 Å². The summed E-state index contributed by atoms with van der Waals surface area (Å²) in [5, 5.41) is 1.96. The molecule has 1 N–H and O–H groups in total. The molecule has 0 saturated heterocycles. The highest BCUT2D eigenvalue weighted by atomic mass is 32.2. The summed E-state index contributed by atoms with van der Waals surface area (Å²) in [5.41, 5.74) is 2.76. The lowest BCUT2D eigenvalue weighted by atomic mass is 9.93. The van der Waals surface area contributed by atoms with E-state index in [4.69, 9.17) is 0 Å². The Balaban J connectivity index is 2.04. The van der Waals surface area contributed by atoms with Crippen LogP contribution in [0, 0.1) is 0 Å². The van der Waals surface area contributed by atoms with Crippen molar-refractivity contribution in [2.75, 3.05) is 0 Å². The fourth-order valence-electron chi connectivity index (χ4n) is 4.54. The first kappa shape index (κ1) is 26.9. The highest BCUT2D eigenvalue weighted by Crippen LogP contribution is 2.26. The van der Waals surface area contributed by atoms with Gasteiger partial charge >= 0.3 is 0 Å². The Morgan fingerprint density at radius 2 is 1.03 bits per heavy atom. The van der Waals surface area contributed by atoms with Crippen molar-refractivity contribution in [3.8, 4) is 0 Å². The third-order valence-electron chi connectivity index (χ3n) is 6.53. The minimum Gasteiger partial charge on any atom is -0.282 e. The number of benzene rings is 2. The normalized spacial score (nSPS) is 12.0. The van der Waals surface area contributed by atoms with Crippen LogP contribution in [0.3, 0.4) is 0 Å². The van der Waals surface area contributed by atoms with Crippen LogP contribution in [-0.4, -0.2) is 13.0 Å². The standard InChI is InChI=1S/C28H44O3S/c1-3-5-7-9-11-13-15-17-24-21-26-19-20-28(32(29,30)31)23-27(26)22-25(24)18-16-14-12-10-8-6-4-2/h19-23H,3-18H2,1-2H3,(H,29,30,31). The summed E-state index contributed by atoms with van der Waals surface area (Å²) in [6.07, 6.45) is 20.3. The number of unbranched alkanes of at least 4 members (excludes halogenated alkanes) is 12. The number of fused-ring (bicyclic) bond motifs is 1. The number of aryl methyl sites for hydroxylation is 2. The second-order valence-corrected chi connectivity index (χ2v) is 10.8. The van der Waals surface area contributed by atoms with Gasteiger partial charge in [0.2, 0.25) is 0 Å². The Hall–Kier alpha value is -1.39. The van der Waals surface area contributed by atoms with Crippen molar-refractivity contribution < 1.29 is 13.0 Å². The first-order valence-electron chi connectivity index (χ1n) is 13.0. The van der Waals surface area contributed by atoms with Crippen molar-refractivity contribution >= 4 is 20.9 Å². The van der Waals surface area contributed by atoms with Crippen LogP contribution in [0.25, 0.3) is 10.8 Å². The monoisotopic (exact) mass is 460 g/mol. The van der Waals surface area contributed by atoms with Gasteiger partial charge in [-0.05, 0) is 59.7 Å². The zero-order chi connectivity index (χ0) is 23.2. The molecule has 0 fully saturated rings. The Morgan fingerprint density at radius 3 is 1.50 bits per heavy atom. The Bertz CT molecular complexity index is 902. The van der Waals surface area contributed by atoms with E-state index in [0.717, 1.165) is 23.6 Å². The van der Waals surface area contributed by atoms with Crippen molar-refractivity contribution in [2.45, 2.75) is 121 Å². The predicted molar refractivity (Wildman–Crippen MR) is 137 cm³/mol. The van der Waals surface area contributed by atoms with Crippen LogP contribution >= 0.6 is 0 Å². The maximum atomic E-state index is 11.6. The highest BCUT2D eigenvalue weighted by molar-refractivity contribution is 7.85. The largest absolute Gasteiger partial charge is 0.294 e. The molecule has 0 aliphatic rings. The van der Waals surface area contributed by atoms with Gasteiger partial charge in [-0.2, -0.15) is 8.42 Å². The molecule has 0 amide bonds. The fraction of sp³-hybridized carbons (Fsp3) is 0.643. The molecule has 3 nitrogen and oxygen atoms in total. The van der Waals surface area contributed by atoms with Gasteiger partial charge in [-0.1, -0.05) is 109 Å². The maximum Gasteiger partial charge on any atom is 0.294 e. The summed E-state index contributed by atoms with van der Waals surface area (Å²) in [6.45, 7) is 4.51. The van der Waals surface area contributed by atoms with Crippen molar-refractivity contribution in [2.24, 2.45) is 0 Å². The number of hydrogen-bond donors (Lipinski definition) is 1. The lowest BCUT2D eigenvalue weighted by Gasteiger charge is -2.13. The van der Waals surface area contributed by atoms with Crippen molar-refractivity contribution in [3.05, 3.63) is 41.5 Å². The third-order valence-corrected chi connectivity index (χ3v) is 7.38. The molecule has 0 aliphatic heterocycles. The van der Waals surface area contributed by atoms with E-state index in [2.05, 4.69) is 26.0 Å². The zero-order valence-corrected chi connectivity index (χ0v) is 21.2. The minimum atomic E-state index is -4.18. The van der Waals surface area contributed by atoms with E-state index in [1.807, 2.05) is 6.07 Å². The van der Waals surface area contributed by atoms with Gasteiger partial charge in [-0.15, -0.1) is 0 Å². The van der Waals surface area contributed by atoms with E-state index in [1.54, 1.807) is 6.07 Å². The average Bonchev–Trinajstić information content (AvgIpc) is 2.76. The summed E-state index contributed by atoms with van der Waals surface area (Å²) in [6, 6.07) is 9.35. The van der Waals surface area contributed by atoms with Crippen molar-refractivity contribution in [1.82, 2.24) is 0 Å². The molecule has 4 heteroatoms. The fourth-order valence-corrected chi connectivity index (χ4v) is 5.06. The topological polar surface area (TPSA) is 54.4 Å². The summed E-state index contributed by atoms with van der Waals surface area (Å²) in [4.78, 5) is -0.0216. The first-order valence-corrected chi connectivity index (χ1v) is 14.4.